The number of hydrogen-bond donors (Lipinski definition) is 1. The number of nitrogens with one attached hydrogen (secondary N) is 1. The number of benzene rings is 2. The van der Waals surface area contributed by atoms with E-state index in [1.165, 1.54) is 16.3 Å². The van der Waals surface area contributed by atoms with Crippen LogP contribution in [-0.4, -0.2) is 38.4 Å². The summed E-state index contributed by atoms with van der Waals surface area (Å²) in [5.74, 6) is 0.529. The molecule has 9 heteroatoms. The molecule has 1 amide bonds. The van der Waals surface area contributed by atoms with Gasteiger partial charge in [-0.3, -0.25) is 9.52 Å². The van der Waals surface area contributed by atoms with Gasteiger partial charge in [-0.2, -0.15) is 5.10 Å². The summed E-state index contributed by atoms with van der Waals surface area (Å²) in [5.41, 5.74) is 2.63. The van der Waals surface area contributed by atoms with Crippen LogP contribution in [0.4, 0.5) is 5.69 Å². The molecule has 0 saturated heterocycles. The van der Waals surface area contributed by atoms with E-state index in [1.807, 2.05) is 41.8 Å². The summed E-state index contributed by atoms with van der Waals surface area (Å²) in [4.78, 5) is 13.8. The Morgan fingerprint density at radius 3 is 2.52 bits per heavy atom. The summed E-state index contributed by atoms with van der Waals surface area (Å²) in [6, 6.07) is 17.9. The number of methoxy groups -OCH3 is 1. The van der Waals surface area contributed by atoms with Crippen molar-refractivity contribution in [3.05, 3.63) is 82.0 Å². The van der Waals surface area contributed by atoms with Crippen LogP contribution in [0.15, 0.2) is 71.1 Å². The topological polar surface area (TPSA) is 88.1 Å². The molecule has 0 spiro atoms. The number of carbonyl (C=O) groups excluding carboxylic acids is 1. The van der Waals surface area contributed by atoms with Crippen molar-refractivity contribution in [1.82, 2.24) is 5.01 Å². The molecule has 1 aliphatic heterocycles. The van der Waals surface area contributed by atoms with E-state index in [9.17, 15) is 13.2 Å². The molecule has 0 saturated carbocycles. The number of carbonyl (C=O) groups is 1. The molecule has 31 heavy (non-hydrogen) atoms. The van der Waals surface area contributed by atoms with Crippen LogP contribution in [0.2, 0.25) is 0 Å². The van der Waals surface area contributed by atoms with Crippen LogP contribution in [0.25, 0.3) is 0 Å². The number of amides is 1. The largest absolute Gasteiger partial charge is 0.497 e. The third kappa shape index (κ3) is 4.62. The van der Waals surface area contributed by atoms with Crippen molar-refractivity contribution in [2.24, 2.45) is 5.10 Å². The first kappa shape index (κ1) is 21.1. The molecular formula is C22H21N3O4S2. The average Bonchev–Trinajstić information content (AvgIpc) is 3.43. The molecule has 0 aliphatic carbocycles. The summed E-state index contributed by atoms with van der Waals surface area (Å²) >= 11 is 1.36. The van der Waals surface area contributed by atoms with Crippen molar-refractivity contribution in [3.8, 4) is 5.75 Å². The normalized spacial score (nSPS) is 16.1. The van der Waals surface area contributed by atoms with Crippen molar-refractivity contribution in [2.45, 2.75) is 12.5 Å². The molecule has 0 bridgehead atoms. The first-order chi connectivity index (χ1) is 14.9. The minimum Gasteiger partial charge on any atom is -0.497 e. The minimum absolute atomic E-state index is 0.195. The molecular weight excluding hydrogens is 434 g/mol. The predicted molar refractivity (Wildman–Crippen MR) is 122 cm³/mol. The van der Waals surface area contributed by atoms with Crippen LogP contribution in [0.1, 0.15) is 33.3 Å². The summed E-state index contributed by atoms with van der Waals surface area (Å²) in [6.07, 6.45) is 1.55. The summed E-state index contributed by atoms with van der Waals surface area (Å²) < 4.78 is 31.4. The fraction of sp³-hybridized carbons (Fsp3) is 0.182. The van der Waals surface area contributed by atoms with Gasteiger partial charge in [0.05, 0.1) is 35.7 Å². The molecule has 1 aliphatic rings. The van der Waals surface area contributed by atoms with Gasteiger partial charge >= 0.3 is 0 Å². The van der Waals surface area contributed by atoms with Gasteiger partial charge in [0.25, 0.3) is 5.91 Å². The number of sulfonamides is 1. The van der Waals surface area contributed by atoms with Crippen molar-refractivity contribution in [3.63, 3.8) is 0 Å². The van der Waals surface area contributed by atoms with Crippen LogP contribution in [-0.2, 0) is 10.0 Å². The zero-order valence-corrected chi connectivity index (χ0v) is 18.6. The second-order valence-corrected chi connectivity index (χ2v) is 9.78. The maximum Gasteiger partial charge on any atom is 0.284 e. The standard InChI is InChI=1S/C22H21N3O4S2/c1-29-16-11-9-15(10-12-16)20-14-19(23-25(20)22(26)21-8-5-13-30-21)17-6-3-4-7-18(17)24-31(2,27)28/h3-13,20,24H,14H2,1-2H3. The molecule has 0 fully saturated rings. The zero-order chi connectivity index (χ0) is 22.0. The van der Waals surface area contributed by atoms with E-state index >= 15 is 0 Å². The van der Waals surface area contributed by atoms with E-state index < -0.39 is 10.0 Å². The van der Waals surface area contributed by atoms with Crippen molar-refractivity contribution in [1.29, 1.82) is 0 Å². The summed E-state index contributed by atoms with van der Waals surface area (Å²) in [7, 11) is -1.86. The highest BCUT2D eigenvalue weighted by atomic mass is 32.2. The number of hydrogen-bond acceptors (Lipinski definition) is 6. The number of para-hydroxylation sites is 1. The number of hydrazone groups is 1. The Morgan fingerprint density at radius 2 is 1.87 bits per heavy atom. The quantitative estimate of drug-likeness (QED) is 0.606. The van der Waals surface area contributed by atoms with Gasteiger partial charge < -0.3 is 4.74 Å². The number of nitrogens with zero attached hydrogens (tertiary/aromatic N) is 2. The van der Waals surface area contributed by atoms with Crippen molar-refractivity contribution >= 4 is 38.7 Å². The molecule has 7 nitrogen and oxygen atoms in total. The molecule has 0 radical (unpaired) electrons. The lowest BCUT2D eigenvalue weighted by Gasteiger charge is -2.21. The van der Waals surface area contributed by atoms with Gasteiger partial charge in [-0.1, -0.05) is 36.4 Å². The number of anilines is 1. The number of ether oxygens (including phenoxy) is 1. The minimum atomic E-state index is -3.47. The van der Waals surface area contributed by atoms with Gasteiger partial charge in [0, 0.05) is 12.0 Å². The third-order valence-corrected chi connectivity index (χ3v) is 6.33. The first-order valence-electron chi connectivity index (χ1n) is 9.51. The highest BCUT2D eigenvalue weighted by molar-refractivity contribution is 7.92. The van der Waals surface area contributed by atoms with Gasteiger partial charge in [0.1, 0.15) is 5.75 Å². The van der Waals surface area contributed by atoms with E-state index in [2.05, 4.69) is 9.82 Å². The highest BCUT2D eigenvalue weighted by Crippen LogP contribution is 2.36. The van der Waals surface area contributed by atoms with E-state index in [0.29, 0.717) is 28.3 Å². The fourth-order valence-electron chi connectivity index (χ4n) is 3.48. The lowest BCUT2D eigenvalue weighted by atomic mass is 9.97. The Labute approximate surface area is 185 Å². The second kappa shape index (κ2) is 8.52. The molecule has 4 rings (SSSR count). The Kier molecular flexibility index (Phi) is 5.79. The zero-order valence-electron chi connectivity index (χ0n) is 17.0. The monoisotopic (exact) mass is 455 g/mol. The van der Waals surface area contributed by atoms with Gasteiger partial charge in [0.2, 0.25) is 10.0 Å². The molecule has 1 N–H and O–H groups in total. The number of thiophene rings is 1. The lowest BCUT2D eigenvalue weighted by Crippen LogP contribution is -2.26. The highest BCUT2D eigenvalue weighted by Gasteiger charge is 2.34. The Morgan fingerprint density at radius 1 is 1.13 bits per heavy atom. The maximum atomic E-state index is 13.2. The van der Waals surface area contributed by atoms with Gasteiger partial charge in [-0.25, -0.2) is 13.4 Å². The third-order valence-electron chi connectivity index (χ3n) is 4.88. The maximum absolute atomic E-state index is 13.2. The molecule has 1 atom stereocenters. The smallest absolute Gasteiger partial charge is 0.284 e. The van der Waals surface area contributed by atoms with Gasteiger partial charge in [-0.05, 0) is 35.2 Å². The van der Waals surface area contributed by atoms with E-state index in [-0.39, 0.29) is 11.9 Å². The van der Waals surface area contributed by atoms with Gasteiger partial charge in [0.15, 0.2) is 0 Å². The van der Waals surface area contributed by atoms with Crippen LogP contribution in [0.5, 0.6) is 5.75 Å². The van der Waals surface area contributed by atoms with E-state index in [4.69, 9.17) is 4.74 Å². The van der Waals surface area contributed by atoms with E-state index in [1.54, 1.807) is 31.4 Å². The number of rotatable bonds is 6. The van der Waals surface area contributed by atoms with E-state index in [0.717, 1.165) is 17.6 Å². The lowest BCUT2D eigenvalue weighted by molar-refractivity contribution is 0.0716. The molecule has 1 unspecified atom stereocenters. The Hall–Kier alpha value is -3.17. The van der Waals surface area contributed by atoms with Crippen molar-refractivity contribution in [2.75, 3.05) is 18.1 Å². The average molecular weight is 456 g/mol. The van der Waals surface area contributed by atoms with Crippen LogP contribution in [0.3, 0.4) is 0 Å². The second-order valence-electron chi connectivity index (χ2n) is 7.09. The van der Waals surface area contributed by atoms with Crippen LogP contribution < -0.4 is 9.46 Å². The SMILES string of the molecule is COc1ccc(C2CC(c3ccccc3NS(C)(=O)=O)=NN2C(=O)c2cccs2)cc1. The molecule has 3 aromatic rings. The Bertz CT molecular complexity index is 1220. The van der Waals surface area contributed by atoms with Crippen LogP contribution >= 0.6 is 11.3 Å². The summed E-state index contributed by atoms with van der Waals surface area (Å²) in [5, 5.41) is 7.98. The molecule has 2 heterocycles. The fourth-order valence-corrected chi connectivity index (χ4v) is 4.72. The molecule has 1 aromatic heterocycles. The molecule has 160 valence electrons. The Balaban J connectivity index is 1.75. The summed E-state index contributed by atoms with van der Waals surface area (Å²) in [6.45, 7) is 0. The first-order valence-corrected chi connectivity index (χ1v) is 12.3. The van der Waals surface area contributed by atoms with Crippen LogP contribution in [0, 0.1) is 0 Å². The predicted octanol–water partition coefficient (Wildman–Crippen LogP) is 4.12. The van der Waals surface area contributed by atoms with Gasteiger partial charge in [-0.15, -0.1) is 11.3 Å². The van der Waals surface area contributed by atoms with Crippen molar-refractivity contribution < 1.29 is 17.9 Å². The molecule has 2 aromatic carbocycles.